The van der Waals surface area contributed by atoms with E-state index in [1.54, 1.807) is 22.8 Å². The lowest BCUT2D eigenvalue weighted by molar-refractivity contribution is -0.142. The number of carbonyl (C=O) groups excluding carboxylic acids is 1. The molecule has 0 saturated heterocycles. The number of aryl methyl sites for hydroxylation is 1. The molecule has 1 atom stereocenters. The molecule has 1 aliphatic carbocycles. The van der Waals surface area contributed by atoms with E-state index in [2.05, 4.69) is 12.1 Å². The zero-order valence-electron chi connectivity index (χ0n) is 21.8. The molecule has 4 aromatic rings. The lowest BCUT2D eigenvalue weighted by Crippen LogP contribution is -2.38. The number of thiazole rings is 1. The Hall–Kier alpha value is -4.14. The number of hydrogen-bond donors (Lipinski definition) is 0. The minimum atomic E-state index is -0.523. The first-order valence-corrected chi connectivity index (χ1v) is 13.9. The van der Waals surface area contributed by atoms with Crippen molar-refractivity contribution in [3.05, 3.63) is 119 Å². The number of hydrogen-bond acceptors (Lipinski definition) is 7. The average molecular weight is 573 g/mol. The van der Waals surface area contributed by atoms with Gasteiger partial charge in [0.25, 0.3) is 5.56 Å². The predicted octanol–water partition coefficient (Wildman–Crippen LogP) is 4.53. The lowest BCUT2D eigenvalue weighted by atomic mass is 9.83. The fourth-order valence-corrected chi connectivity index (χ4v) is 6.38. The molecular formula is C31H25ClN2O5S. The molecule has 0 bridgehead atoms. The quantitative estimate of drug-likeness (QED) is 0.317. The van der Waals surface area contributed by atoms with Crippen LogP contribution in [0.25, 0.3) is 11.8 Å². The Labute approximate surface area is 239 Å². The number of carbonyl (C=O) groups is 1. The largest absolute Gasteiger partial charge is 0.493 e. The molecule has 3 aromatic carbocycles. The van der Waals surface area contributed by atoms with Crippen LogP contribution in [0.3, 0.4) is 0 Å². The van der Waals surface area contributed by atoms with Gasteiger partial charge in [0, 0.05) is 16.1 Å². The van der Waals surface area contributed by atoms with Crippen LogP contribution >= 0.6 is 22.9 Å². The number of aromatic nitrogens is 1. The second kappa shape index (κ2) is 10.8. The second-order valence-corrected chi connectivity index (χ2v) is 10.9. The van der Waals surface area contributed by atoms with Gasteiger partial charge in [0.05, 0.1) is 30.5 Å². The summed E-state index contributed by atoms with van der Waals surface area (Å²) in [6, 6.07) is 21.0. The molecule has 1 unspecified atom stereocenters. The van der Waals surface area contributed by atoms with Gasteiger partial charge in [0.15, 0.2) is 22.9 Å². The number of allylic oxidation sites excluding steroid dienone is 1. The third-order valence-electron chi connectivity index (χ3n) is 7.14. The van der Waals surface area contributed by atoms with Crippen molar-refractivity contribution in [1.29, 1.82) is 0 Å². The molecule has 7 nitrogen and oxygen atoms in total. The maximum atomic E-state index is 14.1. The van der Waals surface area contributed by atoms with Gasteiger partial charge in [-0.2, -0.15) is 0 Å². The fourth-order valence-electron chi connectivity index (χ4n) is 5.26. The number of halogens is 1. The molecule has 202 valence electrons. The highest BCUT2D eigenvalue weighted by Gasteiger charge is 2.32. The van der Waals surface area contributed by atoms with Gasteiger partial charge < -0.3 is 14.2 Å². The van der Waals surface area contributed by atoms with Gasteiger partial charge in [-0.1, -0.05) is 71.5 Å². The lowest BCUT2D eigenvalue weighted by Gasteiger charge is -2.30. The molecule has 2 heterocycles. The first-order chi connectivity index (χ1) is 19.5. The standard InChI is InChI=1S/C31H25ClN2O5S/c1-37-24-9-5-7-20(29(24)39-17-26(35)38-2)16-25-30(36)34-28(19-10-13-21(32)14-11-19)23-15-12-18-6-3-4-8-22(18)27(23)33-31(34)40-25/h3-11,13-14,16,28H,12,15,17H2,1-2H3. The highest BCUT2D eigenvalue weighted by Crippen LogP contribution is 2.41. The minimum Gasteiger partial charge on any atom is -0.493 e. The van der Waals surface area contributed by atoms with Crippen molar-refractivity contribution in [2.45, 2.75) is 18.9 Å². The molecule has 40 heavy (non-hydrogen) atoms. The van der Waals surface area contributed by atoms with Crippen LogP contribution in [0, 0.1) is 0 Å². The number of benzene rings is 3. The van der Waals surface area contributed by atoms with E-state index in [1.165, 1.54) is 31.1 Å². The third kappa shape index (κ3) is 4.63. The summed E-state index contributed by atoms with van der Waals surface area (Å²) in [5, 5.41) is 0.636. The molecule has 0 radical (unpaired) electrons. The molecule has 1 aliphatic heterocycles. The zero-order chi connectivity index (χ0) is 27.8. The van der Waals surface area contributed by atoms with Gasteiger partial charge in [-0.15, -0.1) is 0 Å². The van der Waals surface area contributed by atoms with E-state index in [9.17, 15) is 9.59 Å². The Balaban J connectivity index is 1.55. The first-order valence-electron chi connectivity index (χ1n) is 12.7. The molecular weight excluding hydrogens is 548 g/mol. The summed E-state index contributed by atoms with van der Waals surface area (Å²) in [5.74, 6) is 0.269. The topological polar surface area (TPSA) is 79.1 Å². The Morgan fingerprint density at radius 1 is 1.07 bits per heavy atom. The van der Waals surface area contributed by atoms with E-state index in [0.29, 0.717) is 31.4 Å². The van der Waals surface area contributed by atoms with Crippen molar-refractivity contribution in [1.82, 2.24) is 4.57 Å². The average Bonchev–Trinajstić information content (AvgIpc) is 3.29. The van der Waals surface area contributed by atoms with Crippen LogP contribution in [0.1, 0.15) is 34.7 Å². The monoisotopic (exact) mass is 572 g/mol. The van der Waals surface area contributed by atoms with Gasteiger partial charge in [0.2, 0.25) is 0 Å². The Morgan fingerprint density at radius 2 is 1.88 bits per heavy atom. The normalized spacial score (nSPS) is 16.0. The molecule has 9 heteroatoms. The summed E-state index contributed by atoms with van der Waals surface area (Å²) < 4.78 is 18.2. The maximum Gasteiger partial charge on any atom is 0.343 e. The molecule has 0 N–H and O–H groups in total. The van der Waals surface area contributed by atoms with Crippen LogP contribution in [0.4, 0.5) is 0 Å². The SMILES string of the molecule is COC(=O)COc1c(C=c2sc3n(c2=O)C(c2ccc(Cl)cc2)C2=C(N=3)c3ccccc3CC2)cccc1OC. The Kier molecular flexibility index (Phi) is 7.04. The summed E-state index contributed by atoms with van der Waals surface area (Å²) in [6.07, 6.45) is 3.44. The number of rotatable bonds is 6. The second-order valence-electron chi connectivity index (χ2n) is 9.41. The summed E-state index contributed by atoms with van der Waals surface area (Å²) in [4.78, 5) is 31.5. The van der Waals surface area contributed by atoms with Crippen LogP contribution in [-0.2, 0) is 16.0 Å². The van der Waals surface area contributed by atoms with Gasteiger partial charge in [-0.3, -0.25) is 9.36 Å². The Bertz CT molecular complexity index is 1840. The number of para-hydroxylation sites is 1. The van der Waals surface area contributed by atoms with Crippen LogP contribution in [0.15, 0.2) is 82.1 Å². The van der Waals surface area contributed by atoms with E-state index >= 15 is 0 Å². The summed E-state index contributed by atoms with van der Waals surface area (Å²) in [7, 11) is 2.82. The molecule has 0 amide bonds. The van der Waals surface area contributed by atoms with Crippen molar-refractivity contribution in [2.75, 3.05) is 20.8 Å². The first kappa shape index (κ1) is 26.1. The van der Waals surface area contributed by atoms with E-state index in [0.717, 1.165) is 35.2 Å². The number of fused-ring (bicyclic) bond motifs is 3. The summed E-state index contributed by atoms with van der Waals surface area (Å²) in [6.45, 7) is -0.290. The van der Waals surface area contributed by atoms with Crippen molar-refractivity contribution in [3.63, 3.8) is 0 Å². The molecule has 1 aromatic heterocycles. The van der Waals surface area contributed by atoms with Crippen LogP contribution in [0.5, 0.6) is 11.5 Å². The maximum absolute atomic E-state index is 14.1. The van der Waals surface area contributed by atoms with Gasteiger partial charge in [0.1, 0.15) is 0 Å². The van der Waals surface area contributed by atoms with Crippen LogP contribution in [0.2, 0.25) is 5.02 Å². The van der Waals surface area contributed by atoms with E-state index in [-0.39, 0.29) is 18.2 Å². The Morgan fingerprint density at radius 3 is 2.65 bits per heavy atom. The molecule has 2 aliphatic rings. The van der Waals surface area contributed by atoms with E-state index in [4.69, 9.17) is 30.8 Å². The number of ether oxygens (including phenoxy) is 3. The molecule has 0 fully saturated rings. The highest BCUT2D eigenvalue weighted by atomic mass is 35.5. The van der Waals surface area contributed by atoms with Crippen LogP contribution < -0.4 is 24.4 Å². The smallest absolute Gasteiger partial charge is 0.343 e. The van der Waals surface area contributed by atoms with E-state index < -0.39 is 5.97 Å². The highest BCUT2D eigenvalue weighted by molar-refractivity contribution is 7.07. The number of nitrogens with zero attached hydrogens (tertiary/aromatic N) is 2. The van der Waals surface area contributed by atoms with Gasteiger partial charge >= 0.3 is 5.97 Å². The van der Waals surface area contributed by atoms with Gasteiger partial charge in [-0.25, -0.2) is 9.79 Å². The molecule has 0 saturated carbocycles. The summed E-state index contributed by atoms with van der Waals surface area (Å²) >= 11 is 7.54. The van der Waals surface area contributed by atoms with Crippen molar-refractivity contribution >= 4 is 40.7 Å². The molecule has 0 spiro atoms. The predicted molar refractivity (Wildman–Crippen MR) is 155 cm³/mol. The van der Waals surface area contributed by atoms with Gasteiger partial charge in [-0.05, 0) is 53.8 Å². The van der Waals surface area contributed by atoms with Crippen LogP contribution in [-0.4, -0.2) is 31.4 Å². The fraction of sp³-hybridized carbons (Fsp3) is 0.194. The zero-order valence-corrected chi connectivity index (χ0v) is 23.4. The van der Waals surface area contributed by atoms with Crippen molar-refractivity contribution in [2.24, 2.45) is 4.99 Å². The minimum absolute atomic E-state index is 0.157. The van der Waals surface area contributed by atoms with E-state index in [1.807, 2.05) is 42.5 Å². The summed E-state index contributed by atoms with van der Waals surface area (Å²) in [5.41, 5.74) is 5.82. The van der Waals surface area contributed by atoms with Crippen molar-refractivity contribution in [3.8, 4) is 11.5 Å². The third-order valence-corrected chi connectivity index (χ3v) is 8.37. The number of esters is 1. The molecule has 6 rings (SSSR count). The number of methoxy groups -OCH3 is 2. The van der Waals surface area contributed by atoms with Crippen molar-refractivity contribution < 1.29 is 19.0 Å².